The predicted molar refractivity (Wildman–Crippen MR) is 87.4 cm³/mol. The van der Waals surface area contributed by atoms with E-state index in [1.807, 2.05) is 42.5 Å². The maximum absolute atomic E-state index is 12.2. The molecule has 0 saturated heterocycles. The van der Waals surface area contributed by atoms with Gasteiger partial charge in [-0.05, 0) is 57.3 Å². The summed E-state index contributed by atoms with van der Waals surface area (Å²) in [5.41, 5.74) is 2.38. The van der Waals surface area contributed by atoms with Gasteiger partial charge in [0.25, 0.3) is 5.91 Å². The Morgan fingerprint density at radius 1 is 1.10 bits per heavy atom. The first-order chi connectivity index (χ1) is 10.2. The Hall–Kier alpha value is -2.05. The van der Waals surface area contributed by atoms with Crippen LogP contribution in [0, 0.1) is 0 Å². The molecule has 0 unspecified atom stereocenters. The number of anilines is 1. The van der Waals surface area contributed by atoms with Crippen molar-refractivity contribution >= 4 is 39.1 Å². The van der Waals surface area contributed by atoms with Crippen molar-refractivity contribution < 1.29 is 4.79 Å². The van der Waals surface area contributed by atoms with Crippen molar-refractivity contribution in [1.29, 1.82) is 0 Å². The number of hydrogen-bond acceptors (Lipinski definition) is 4. The van der Waals surface area contributed by atoms with Gasteiger partial charge in [-0.2, -0.15) is 0 Å². The van der Waals surface area contributed by atoms with Crippen molar-refractivity contribution in [2.24, 2.45) is 0 Å². The second kappa shape index (κ2) is 6.15. The summed E-state index contributed by atoms with van der Waals surface area (Å²) in [6, 6.07) is 14.9. The Bertz CT molecular complexity index is 757. The highest BCUT2D eigenvalue weighted by Crippen LogP contribution is 2.24. The average molecular weight is 360 g/mol. The number of nitrogens with one attached hydrogen (secondary N) is 1. The van der Waals surface area contributed by atoms with Crippen LogP contribution in [0.4, 0.5) is 5.69 Å². The Balaban J connectivity index is 1.77. The van der Waals surface area contributed by atoms with Gasteiger partial charge in [-0.1, -0.05) is 28.8 Å². The summed E-state index contributed by atoms with van der Waals surface area (Å²) in [5, 5.41) is 6.69. The quantitative estimate of drug-likeness (QED) is 0.761. The van der Waals surface area contributed by atoms with Gasteiger partial charge in [0.05, 0.1) is 16.6 Å². The van der Waals surface area contributed by atoms with Crippen molar-refractivity contribution in [1.82, 2.24) is 9.59 Å². The number of rotatable bonds is 3. The van der Waals surface area contributed by atoms with Crippen LogP contribution < -0.4 is 5.32 Å². The third-order valence-corrected chi connectivity index (χ3v) is 4.31. The molecule has 2 aromatic carbocycles. The molecule has 0 saturated carbocycles. The lowest BCUT2D eigenvalue weighted by atomic mass is 10.1. The lowest BCUT2D eigenvalue weighted by Crippen LogP contribution is -2.12. The van der Waals surface area contributed by atoms with Gasteiger partial charge >= 0.3 is 0 Å². The van der Waals surface area contributed by atoms with E-state index < -0.39 is 0 Å². The second-order valence-electron chi connectivity index (χ2n) is 4.29. The monoisotopic (exact) mass is 359 g/mol. The molecule has 3 rings (SSSR count). The first-order valence-corrected chi connectivity index (χ1v) is 7.74. The maximum atomic E-state index is 12.2. The molecule has 21 heavy (non-hydrogen) atoms. The molecule has 1 N–H and O–H groups in total. The summed E-state index contributed by atoms with van der Waals surface area (Å²) < 4.78 is 4.61. The summed E-state index contributed by atoms with van der Waals surface area (Å²) in [6.45, 7) is 0. The summed E-state index contributed by atoms with van der Waals surface area (Å²) in [7, 11) is 0. The highest BCUT2D eigenvalue weighted by molar-refractivity contribution is 9.10. The lowest BCUT2D eigenvalue weighted by Gasteiger charge is -2.07. The number of carbonyl (C=O) groups is 1. The molecular formula is C15H10BrN3OS. The molecule has 104 valence electrons. The van der Waals surface area contributed by atoms with Crippen LogP contribution in [0.1, 0.15) is 10.4 Å². The molecule has 0 aliphatic carbocycles. The Morgan fingerprint density at radius 3 is 2.52 bits per heavy atom. The van der Waals surface area contributed by atoms with Gasteiger partial charge < -0.3 is 5.32 Å². The molecular weight excluding hydrogens is 350 g/mol. The third kappa shape index (κ3) is 3.17. The zero-order chi connectivity index (χ0) is 14.7. The number of halogens is 1. The van der Waals surface area contributed by atoms with Crippen molar-refractivity contribution in [3.05, 3.63) is 64.8 Å². The fraction of sp³-hybridized carbons (Fsp3) is 0. The topological polar surface area (TPSA) is 54.9 Å². The van der Waals surface area contributed by atoms with Crippen LogP contribution in [0.15, 0.2) is 59.2 Å². The summed E-state index contributed by atoms with van der Waals surface area (Å²) in [4.78, 5) is 13.2. The van der Waals surface area contributed by atoms with Gasteiger partial charge in [-0.25, -0.2) is 0 Å². The van der Waals surface area contributed by atoms with E-state index in [-0.39, 0.29) is 5.91 Å². The highest BCUT2D eigenvalue weighted by atomic mass is 79.9. The van der Waals surface area contributed by atoms with E-state index in [1.54, 1.807) is 12.3 Å². The molecule has 0 fully saturated rings. The Kier molecular flexibility index (Phi) is 4.08. The van der Waals surface area contributed by atoms with Crippen molar-refractivity contribution in [2.75, 3.05) is 5.32 Å². The van der Waals surface area contributed by atoms with Gasteiger partial charge in [-0.3, -0.25) is 4.79 Å². The molecule has 6 heteroatoms. The smallest absolute Gasteiger partial charge is 0.256 e. The number of amides is 1. The SMILES string of the molecule is O=C(Nc1ccc(-c2cnns2)cc1)c1ccccc1Br. The largest absolute Gasteiger partial charge is 0.322 e. The zero-order valence-electron chi connectivity index (χ0n) is 10.8. The van der Waals surface area contributed by atoms with Crippen LogP contribution in [0.25, 0.3) is 10.4 Å². The molecule has 0 aliphatic rings. The molecule has 0 radical (unpaired) electrons. The third-order valence-electron chi connectivity index (χ3n) is 2.91. The van der Waals surface area contributed by atoms with Crippen LogP contribution in [0.5, 0.6) is 0 Å². The van der Waals surface area contributed by atoms with E-state index in [0.29, 0.717) is 5.56 Å². The van der Waals surface area contributed by atoms with E-state index in [0.717, 1.165) is 20.6 Å². The maximum Gasteiger partial charge on any atom is 0.256 e. The second-order valence-corrected chi connectivity index (χ2v) is 5.93. The molecule has 1 amide bonds. The minimum atomic E-state index is -0.144. The number of hydrogen-bond donors (Lipinski definition) is 1. The minimum absolute atomic E-state index is 0.144. The van der Waals surface area contributed by atoms with Crippen LogP contribution in [0.3, 0.4) is 0 Å². The van der Waals surface area contributed by atoms with Crippen LogP contribution >= 0.6 is 27.5 Å². The van der Waals surface area contributed by atoms with Gasteiger partial charge in [0.15, 0.2) is 0 Å². The number of benzene rings is 2. The summed E-state index contributed by atoms with van der Waals surface area (Å²) in [5.74, 6) is -0.144. The van der Waals surface area contributed by atoms with Crippen molar-refractivity contribution in [2.45, 2.75) is 0 Å². The molecule has 0 bridgehead atoms. The van der Waals surface area contributed by atoms with Crippen LogP contribution in [-0.2, 0) is 0 Å². The fourth-order valence-corrected chi connectivity index (χ4v) is 2.84. The van der Waals surface area contributed by atoms with E-state index in [4.69, 9.17) is 0 Å². The normalized spacial score (nSPS) is 10.3. The molecule has 0 aliphatic heterocycles. The summed E-state index contributed by atoms with van der Waals surface area (Å²) in [6.07, 6.45) is 1.72. The molecule has 4 nitrogen and oxygen atoms in total. The first kappa shape index (κ1) is 13.9. The molecule has 0 spiro atoms. The molecule has 0 atom stereocenters. The Morgan fingerprint density at radius 2 is 1.86 bits per heavy atom. The van der Waals surface area contributed by atoms with Gasteiger partial charge in [-0.15, -0.1) is 5.10 Å². The molecule has 1 heterocycles. The van der Waals surface area contributed by atoms with Crippen molar-refractivity contribution in [3.8, 4) is 10.4 Å². The molecule has 1 aromatic heterocycles. The van der Waals surface area contributed by atoms with E-state index in [9.17, 15) is 4.79 Å². The van der Waals surface area contributed by atoms with Crippen LogP contribution in [0.2, 0.25) is 0 Å². The standard InChI is InChI=1S/C15H10BrN3OS/c16-13-4-2-1-3-12(13)15(20)18-11-7-5-10(6-8-11)14-9-17-19-21-14/h1-9H,(H,18,20). The first-order valence-electron chi connectivity index (χ1n) is 6.18. The summed E-state index contributed by atoms with van der Waals surface area (Å²) >= 11 is 4.71. The highest BCUT2D eigenvalue weighted by Gasteiger charge is 2.09. The van der Waals surface area contributed by atoms with Gasteiger partial charge in [0.2, 0.25) is 0 Å². The number of carbonyl (C=O) groups excluding carboxylic acids is 1. The fourth-order valence-electron chi connectivity index (χ4n) is 1.86. The zero-order valence-corrected chi connectivity index (χ0v) is 13.2. The van der Waals surface area contributed by atoms with E-state index >= 15 is 0 Å². The Labute approximate surface area is 134 Å². The van der Waals surface area contributed by atoms with Gasteiger partial charge in [0.1, 0.15) is 0 Å². The predicted octanol–water partition coefficient (Wildman–Crippen LogP) is 4.22. The van der Waals surface area contributed by atoms with E-state index in [1.165, 1.54) is 11.5 Å². The van der Waals surface area contributed by atoms with E-state index in [2.05, 4.69) is 30.8 Å². The molecule has 3 aromatic rings. The average Bonchev–Trinajstić information content (AvgIpc) is 3.02. The van der Waals surface area contributed by atoms with Crippen molar-refractivity contribution in [3.63, 3.8) is 0 Å². The number of aromatic nitrogens is 2. The lowest BCUT2D eigenvalue weighted by molar-refractivity contribution is 0.102. The van der Waals surface area contributed by atoms with Gasteiger partial charge in [0, 0.05) is 10.2 Å². The minimum Gasteiger partial charge on any atom is -0.322 e. The van der Waals surface area contributed by atoms with Crippen LogP contribution in [-0.4, -0.2) is 15.5 Å². The number of nitrogens with zero attached hydrogens (tertiary/aromatic N) is 2.